The summed E-state index contributed by atoms with van der Waals surface area (Å²) >= 11 is 0. The van der Waals surface area contributed by atoms with Gasteiger partial charge in [-0.2, -0.15) is 0 Å². The number of rotatable bonds is 40. The second-order valence-corrected chi connectivity index (χ2v) is 16.1. The highest BCUT2D eigenvalue weighted by Crippen LogP contribution is 2.43. The molecule has 0 amide bonds. The molecule has 0 fully saturated rings. The van der Waals surface area contributed by atoms with E-state index in [-0.39, 0.29) is 12.8 Å². The number of carbonyl (C=O) groups is 3. The van der Waals surface area contributed by atoms with Gasteiger partial charge in [0.1, 0.15) is 12.6 Å². The average molecular weight is 852 g/mol. The van der Waals surface area contributed by atoms with E-state index in [4.69, 9.17) is 24.8 Å². The number of ether oxygens (including phenoxy) is 2. The third-order valence-electron chi connectivity index (χ3n) is 9.03. The number of carboxylic acid groups (broad SMARTS) is 1. The number of phosphoric ester groups is 1. The summed E-state index contributed by atoms with van der Waals surface area (Å²) in [7, 11) is -4.75. The largest absolute Gasteiger partial charge is 0.480 e. The maximum atomic E-state index is 12.6. The molecule has 0 aromatic carbocycles. The first-order valence-corrected chi connectivity index (χ1v) is 23.6. The lowest BCUT2D eigenvalue weighted by Gasteiger charge is -2.20. The molecule has 0 saturated carbocycles. The summed E-state index contributed by atoms with van der Waals surface area (Å²) in [5.41, 5.74) is 5.33. The highest BCUT2D eigenvalue weighted by Gasteiger charge is 2.28. The highest BCUT2D eigenvalue weighted by molar-refractivity contribution is 7.47. The van der Waals surface area contributed by atoms with Crippen molar-refractivity contribution < 1.29 is 52.6 Å². The highest BCUT2D eigenvalue weighted by atomic mass is 31.2. The lowest BCUT2D eigenvalue weighted by molar-refractivity contribution is -0.161. The topological polar surface area (TPSA) is 192 Å². The minimum atomic E-state index is -4.75. The lowest BCUT2D eigenvalue weighted by Crippen LogP contribution is -2.34. The minimum Gasteiger partial charge on any atom is -0.480 e. The number of carboxylic acids is 1. The molecule has 12 nitrogen and oxygen atoms in total. The van der Waals surface area contributed by atoms with Crippen LogP contribution in [0.15, 0.2) is 72.9 Å². The summed E-state index contributed by atoms with van der Waals surface area (Å²) in [6, 6.07) is -1.54. The van der Waals surface area contributed by atoms with Gasteiger partial charge in [0.2, 0.25) is 0 Å². The van der Waals surface area contributed by atoms with Crippen LogP contribution in [0.3, 0.4) is 0 Å². The van der Waals surface area contributed by atoms with Gasteiger partial charge in [0.15, 0.2) is 6.10 Å². The quantitative estimate of drug-likeness (QED) is 0.0150. The fraction of sp³-hybridized carbons (Fsp3) is 0.674. The first kappa shape index (κ1) is 55.9. The maximum absolute atomic E-state index is 12.6. The van der Waals surface area contributed by atoms with Crippen LogP contribution < -0.4 is 5.73 Å². The molecule has 0 spiro atoms. The number of allylic oxidation sites excluding steroid dienone is 11. The van der Waals surface area contributed by atoms with Crippen LogP contribution >= 0.6 is 7.82 Å². The standard InChI is InChI=1S/C46H78NO11P/c1-3-5-7-8-9-10-11-12-13-14-15-16-19-23-26-29-33-37-45(50)58-42(39-56-59(53,54)57-40-43(47)46(51)52)38-55-44(49)36-32-28-25-22-20-17-18-21-24-27-31-35-41(48)34-30-6-4-2/h9-10,12-13,17-18,22,24-25,27,31,35,41-43,48H,3-8,11,14-16,19-21,23,26,28-30,32-34,36-40,47H2,1-2H3,(H,51,52)(H,53,54)/b10-9-,13-12-,18-17-,25-22-,27-24-,35-31+/t41-,42-,43+/m1/s1. The zero-order valence-electron chi connectivity index (χ0n) is 36.2. The van der Waals surface area contributed by atoms with Crippen molar-refractivity contribution in [2.75, 3.05) is 19.8 Å². The van der Waals surface area contributed by atoms with Gasteiger partial charge < -0.3 is 30.3 Å². The Balaban J connectivity index is 4.51. The lowest BCUT2D eigenvalue weighted by atomic mass is 10.1. The van der Waals surface area contributed by atoms with Gasteiger partial charge in [0.05, 0.1) is 19.3 Å². The van der Waals surface area contributed by atoms with Gasteiger partial charge >= 0.3 is 25.7 Å². The van der Waals surface area contributed by atoms with Crippen LogP contribution in [0.2, 0.25) is 0 Å². The van der Waals surface area contributed by atoms with Crippen molar-refractivity contribution >= 4 is 25.7 Å². The van der Waals surface area contributed by atoms with E-state index in [9.17, 15) is 28.9 Å². The van der Waals surface area contributed by atoms with Gasteiger partial charge in [-0.25, -0.2) is 4.57 Å². The van der Waals surface area contributed by atoms with E-state index >= 15 is 0 Å². The molecule has 0 radical (unpaired) electrons. The van der Waals surface area contributed by atoms with Crippen LogP contribution in [0, 0.1) is 0 Å². The van der Waals surface area contributed by atoms with Gasteiger partial charge in [0.25, 0.3) is 0 Å². The predicted octanol–water partition coefficient (Wildman–Crippen LogP) is 10.7. The number of aliphatic hydroxyl groups excluding tert-OH is 1. The molecule has 0 bridgehead atoms. The molecule has 4 atom stereocenters. The molecular formula is C46H78NO11P. The van der Waals surface area contributed by atoms with E-state index in [1.165, 1.54) is 32.1 Å². The molecule has 338 valence electrons. The maximum Gasteiger partial charge on any atom is 0.472 e. The van der Waals surface area contributed by atoms with Crippen molar-refractivity contribution in [1.29, 1.82) is 0 Å². The normalized spacial score (nSPS) is 14.9. The summed E-state index contributed by atoms with van der Waals surface area (Å²) in [5.74, 6) is -2.50. The molecule has 0 aromatic rings. The first-order chi connectivity index (χ1) is 28.5. The van der Waals surface area contributed by atoms with E-state index in [1.807, 2.05) is 36.5 Å². The number of aliphatic carboxylic acids is 1. The second kappa shape index (κ2) is 40.3. The molecule has 1 unspecified atom stereocenters. The van der Waals surface area contributed by atoms with Crippen LogP contribution in [-0.4, -0.2) is 71.1 Å². The van der Waals surface area contributed by atoms with Gasteiger partial charge in [-0.05, 0) is 70.6 Å². The fourth-order valence-corrected chi connectivity index (χ4v) is 6.27. The molecule has 5 N–H and O–H groups in total. The Morgan fingerprint density at radius 3 is 1.75 bits per heavy atom. The molecule has 0 aromatic heterocycles. The minimum absolute atomic E-state index is 0.121. The number of phosphoric acid groups is 1. The van der Waals surface area contributed by atoms with Crippen molar-refractivity contribution in [3.05, 3.63) is 72.9 Å². The zero-order chi connectivity index (χ0) is 43.7. The molecule has 13 heteroatoms. The molecule has 0 heterocycles. The van der Waals surface area contributed by atoms with E-state index in [0.717, 1.165) is 83.5 Å². The van der Waals surface area contributed by atoms with Gasteiger partial charge in [-0.15, -0.1) is 0 Å². The van der Waals surface area contributed by atoms with Crippen molar-refractivity contribution in [3.8, 4) is 0 Å². The zero-order valence-corrected chi connectivity index (χ0v) is 37.1. The smallest absolute Gasteiger partial charge is 0.472 e. The third kappa shape index (κ3) is 40.1. The van der Waals surface area contributed by atoms with Crippen molar-refractivity contribution in [2.45, 2.75) is 180 Å². The van der Waals surface area contributed by atoms with Crippen LogP contribution in [0.25, 0.3) is 0 Å². The van der Waals surface area contributed by atoms with Crippen molar-refractivity contribution in [1.82, 2.24) is 0 Å². The van der Waals surface area contributed by atoms with Crippen LogP contribution in [-0.2, 0) is 37.5 Å². The average Bonchev–Trinajstić information content (AvgIpc) is 3.20. The number of hydrogen-bond donors (Lipinski definition) is 4. The van der Waals surface area contributed by atoms with E-state index in [1.54, 1.807) is 0 Å². The molecule has 59 heavy (non-hydrogen) atoms. The molecule has 0 saturated heterocycles. The number of aliphatic hydroxyl groups is 1. The Labute approximate surface area is 355 Å². The summed E-state index contributed by atoms with van der Waals surface area (Å²) < 4.78 is 32.6. The molecular weight excluding hydrogens is 773 g/mol. The Morgan fingerprint density at radius 2 is 1.12 bits per heavy atom. The first-order valence-electron chi connectivity index (χ1n) is 22.1. The summed E-state index contributed by atoms with van der Waals surface area (Å²) in [5, 5.41) is 18.8. The van der Waals surface area contributed by atoms with Crippen LogP contribution in [0.5, 0.6) is 0 Å². The summed E-state index contributed by atoms with van der Waals surface area (Å²) in [4.78, 5) is 46.0. The fourth-order valence-electron chi connectivity index (χ4n) is 5.49. The molecule has 0 rings (SSSR count). The number of carbonyl (C=O) groups excluding carboxylic acids is 2. The summed E-state index contributed by atoms with van der Waals surface area (Å²) in [6.45, 7) is 2.57. The van der Waals surface area contributed by atoms with Gasteiger partial charge in [-0.3, -0.25) is 23.4 Å². The number of esters is 2. The Morgan fingerprint density at radius 1 is 0.610 bits per heavy atom. The van der Waals surface area contributed by atoms with Crippen molar-refractivity contribution in [2.24, 2.45) is 5.73 Å². The van der Waals surface area contributed by atoms with E-state index in [2.05, 4.69) is 54.8 Å². The predicted molar refractivity (Wildman–Crippen MR) is 237 cm³/mol. The van der Waals surface area contributed by atoms with Crippen LogP contribution in [0.4, 0.5) is 0 Å². The molecule has 0 aliphatic rings. The van der Waals surface area contributed by atoms with E-state index in [0.29, 0.717) is 19.3 Å². The molecule has 0 aliphatic heterocycles. The monoisotopic (exact) mass is 852 g/mol. The SMILES string of the molecule is CCCCC/C=C\C/C=C\CCCCCCCCCC(=O)O[C@H](COC(=O)CCC/C=C\C/C=C\C/C=C\C=C\[C@H](O)CCCCC)COP(=O)(O)OC[C@H](N)C(=O)O. The van der Waals surface area contributed by atoms with Crippen LogP contribution in [0.1, 0.15) is 162 Å². The van der Waals surface area contributed by atoms with Crippen molar-refractivity contribution in [3.63, 3.8) is 0 Å². The number of nitrogens with two attached hydrogens (primary N) is 1. The number of hydrogen-bond acceptors (Lipinski definition) is 10. The van der Waals surface area contributed by atoms with Gasteiger partial charge in [0, 0.05) is 12.8 Å². The third-order valence-corrected chi connectivity index (χ3v) is 9.98. The Bertz CT molecular complexity index is 1290. The van der Waals surface area contributed by atoms with E-state index < -0.39 is 63.8 Å². The summed E-state index contributed by atoms with van der Waals surface area (Å²) in [6.07, 6.45) is 44.3. The number of unbranched alkanes of at least 4 members (excludes halogenated alkanes) is 13. The Hall–Kier alpha value is -3.12. The second-order valence-electron chi connectivity index (χ2n) is 14.7. The molecule has 0 aliphatic carbocycles. The Kier molecular flexibility index (Phi) is 38.2. The van der Waals surface area contributed by atoms with Gasteiger partial charge in [-0.1, -0.05) is 151 Å².